The van der Waals surface area contributed by atoms with E-state index in [0.29, 0.717) is 10.7 Å². The topological polar surface area (TPSA) is 83.9 Å². The van der Waals surface area contributed by atoms with Crippen LogP contribution in [-0.2, 0) is 10.0 Å². The van der Waals surface area contributed by atoms with Crippen molar-refractivity contribution in [2.45, 2.75) is 4.90 Å². The number of nitrogens with zero attached hydrogens (tertiary/aromatic N) is 1. The summed E-state index contributed by atoms with van der Waals surface area (Å²) in [5, 5.41) is 9.65. The minimum Gasteiger partial charge on any atom is -0.494 e. The molecule has 23 heavy (non-hydrogen) atoms. The maximum absolute atomic E-state index is 12.8. The molecule has 6 nitrogen and oxygen atoms in total. The molecule has 0 aromatic heterocycles. The second-order valence-corrected chi connectivity index (χ2v) is 6.97. The standard InChI is InChI=1S/C15H14ClNO5S/c1-17(11-8-6-10(16)7-9-11)23(20,21)13-5-3-4-12(15(18)19)14(13)22-2/h3-9H,1-2H3,(H,18,19). The lowest BCUT2D eigenvalue weighted by atomic mass is 10.2. The van der Waals surface area contributed by atoms with Crippen molar-refractivity contribution in [1.29, 1.82) is 0 Å². The van der Waals surface area contributed by atoms with Crippen molar-refractivity contribution >= 4 is 33.3 Å². The van der Waals surface area contributed by atoms with Gasteiger partial charge in [0.1, 0.15) is 10.5 Å². The summed E-state index contributed by atoms with van der Waals surface area (Å²) < 4.78 is 31.6. The molecule has 0 fully saturated rings. The van der Waals surface area contributed by atoms with Crippen LogP contribution in [0.3, 0.4) is 0 Å². The SMILES string of the molecule is COc1c(C(=O)O)cccc1S(=O)(=O)N(C)c1ccc(Cl)cc1. The monoisotopic (exact) mass is 355 g/mol. The summed E-state index contributed by atoms with van der Waals surface area (Å²) >= 11 is 5.80. The molecule has 2 rings (SSSR count). The molecule has 0 aliphatic heterocycles. The molecule has 0 heterocycles. The Kier molecular flexibility index (Phi) is 4.82. The summed E-state index contributed by atoms with van der Waals surface area (Å²) in [4.78, 5) is 11.0. The Bertz CT molecular complexity index is 833. The molecule has 0 saturated carbocycles. The van der Waals surface area contributed by atoms with E-state index < -0.39 is 16.0 Å². The first-order chi connectivity index (χ1) is 10.8. The van der Waals surface area contributed by atoms with Gasteiger partial charge in [-0.05, 0) is 36.4 Å². The summed E-state index contributed by atoms with van der Waals surface area (Å²) in [6.07, 6.45) is 0. The van der Waals surface area contributed by atoms with Crippen LogP contribution >= 0.6 is 11.6 Å². The fraction of sp³-hybridized carbons (Fsp3) is 0.133. The number of anilines is 1. The highest BCUT2D eigenvalue weighted by Gasteiger charge is 2.28. The lowest BCUT2D eigenvalue weighted by Crippen LogP contribution is -2.27. The van der Waals surface area contributed by atoms with Gasteiger partial charge < -0.3 is 9.84 Å². The lowest BCUT2D eigenvalue weighted by molar-refractivity contribution is 0.0693. The van der Waals surface area contributed by atoms with Gasteiger partial charge in [0.05, 0.1) is 12.8 Å². The Morgan fingerprint density at radius 3 is 2.30 bits per heavy atom. The highest BCUT2D eigenvalue weighted by Crippen LogP contribution is 2.32. The third kappa shape index (κ3) is 3.25. The first kappa shape index (κ1) is 17.1. The third-order valence-electron chi connectivity index (χ3n) is 3.24. The number of benzene rings is 2. The Labute approximate surface area is 138 Å². The van der Waals surface area contributed by atoms with Gasteiger partial charge in [0, 0.05) is 12.1 Å². The first-order valence-electron chi connectivity index (χ1n) is 6.44. The predicted molar refractivity (Wildman–Crippen MR) is 87.0 cm³/mol. The van der Waals surface area contributed by atoms with Crippen molar-refractivity contribution in [3.8, 4) is 5.75 Å². The normalized spacial score (nSPS) is 11.1. The Morgan fingerprint density at radius 1 is 1.17 bits per heavy atom. The average Bonchev–Trinajstić information content (AvgIpc) is 2.53. The van der Waals surface area contributed by atoms with E-state index in [2.05, 4.69) is 0 Å². The maximum Gasteiger partial charge on any atom is 0.339 e. The number of carboxylic acids is 1. The van der Waals surface area contributed by atoms with Crippen LogP contribution in [0.2, 0.25) is 5.02 Å². The van der Waals surface area contributed by atoms with E-state index in [1.807, 2.05) is 0 Å². The zero-order valence-electron chi connectivity index (χ0n) is 12.4. The zero-order valence-corrected chi connectivity index (χ0v) is 13.9. The fourth-order valence-corrected chi connectivity index (χ4v) is 3.53. The van der Waals surface area contributed by atoms with Gasteiger partial charge in [0.25, 0.3) is 10.0 Å². The van der Waals surface area contributed by atoms with Gasteiger partial charge in [-0.1, -0.05) is 17.7 Å². The van der Waals surface area contributed by atoms with Gasteiger partial charge in [-0.25, -0.2) is 13.2 Å². The maximum atomic E-state index is 12.8. The molecule has 0 atom stereocenters. The number of sulfonamides is 1. The molecule has 0 aliphatic carbocycles. The molecular formula is C15H14ClNO5S. The molecule has 0 spiro atoms. The van der Waals surface area contributed by atoms with Crippen LogP contribution in [0.25, 0.3) is 0 Å². The third-order valence-corrected chi connectivity index (χ3v) is 5.30. The fourth-order valence-electron chi connectivity index (χ4n) is 2.04. The molecule has 0 radical (unpaired) electrons. The number of hydrogen-bond acceptors (Lipinski definition) is 4. The van der Waals surface area contributed by atoms with Crippen molar-refractivity contribution in [2.75, 3.05) is 18.5 Å². The van der Waals surface area contributed by atoms with Gasteiger partial charge in [0.2, 0.25) is 0 Å². The lowest BCUT2D eigenvalue weighted by Gasteiger charge is -2.21. The average molecular weight is 356 g/mol. The second-order valence-electron chi connectivity index (χ2n) is 4.59. The Hall–Kier alpha value is -2.25. The number of carbonyl (C=O) groups is 1. The van der Waals surface area contributed by atoms with Crippen molar-refractivity contribution in [3.63, 3.8) is 0 Å². The van der Waals surface area contributed by atoms with Crippen molar-refractivity contribution < 1.29 is 23.1 Å². The second kappa shape index (κ2) is 6.47. The molecule has 0 saturated heterocycles. The molecule has 8 heteroatoms. The van der Waals surface area contributed by atoms with E-state index in [1.165, 1.54) is 32.4 Å². The molecule has 1 N–H and O–H groups in total. The van der Waals surface area contributed by atoms with Crippen molar-refractivity contribution in [1.82, 2.24) is 0 Å². The first-order valence-corrected chi connectivity index (χ1v) is 8.25. The molecule has 2 aromatic carbocycles. The molecule has 0 aliphatic rings. The van der Waals surface area contributed by atoms with Gasteiger partial charge in [-0.3, -0.25) is 4.31 Å². The van der Waals surface area contributed by atoms with E-state index in [9.17, 15) is 18.3 Å². The Morgan fingerprint density at radius 2 is 1.78 bits per heavy atom. The van der Waals surface area contributed by atoms with Crippen LogP contribution in [-0.4, -0.2) is 33.7 Å². The van der Waals surface area contributed by atoms with E-state index in [-0.39, 0.29) is 16.2 Å². The summed E-state index contributed by atoms with van der Waals surface area (Å²) in [5.41, 5.74) is 0.162. The van der Waals surface area contributed by atoms with Crippen LogP contribution in [0.5, 0.6) is 5.75 Å². The van der Waals surface area contributed by atoms with Crippen LogP contribution < -0.4 is 9.04 Å². The number of hydrogen-bond donors (Lipinski definition) is 1. The number of halogens is 1. The summed E-state index contributed by atoms with van der Waals surface area (Å²) in [6, 6.07) is 10.2. The van der Waals surface area contributed by atoms with E-state index >= 15 is 0 Å². The van der Waals surface area contributed by atoms with Gasteiger partial charge >= 0.3 is 5.97 Å². The smallest absolute Gasteiger partial charge is 0.339 e. The largest absolute Gasteiger partial charge is 0.494 e. The highest BCUT2D eigenvalue weighted by molar-refractivity contribution is 7.93. The predicted octanol–water partition coefficient (Wildman–Crippen LogP) is 2.87. The molecule has 122 valence electrons. The molecular weight excluding hydrogens is 342 g/mol. The summed E-state index contributed by atoms with van der Waals surface area (Å²) in [6.45, 7) is 0. The molecule has 0 amide bonds. The highest BCUT2D eigenvalue weighted by atomic mass is 35.5. The van der Waals surface area contributed by atoms with Crippen molar-refractivity contribution in [3.05, 3.63) is 53.1 Å². The quantitative estimate of drug-likeness (QED) is 0.891. The number of carboxylic acid groups (broad SMARTS) is 1. The number of rotatable bonds is 5. The Balaban J connectivity index is 2.57. The summed E-state index contributed by atoms with van der Waals surface area (Å²) in [5.74, 6) is -1.48. The number of ether oxygens (including phenoxy) is 1. The molecule has 0 bridgehead atoms. The number of aromatic carboxylic acids is 1. The molecule has 2 aromatic rings. The summed E-state index contributed by atoms with van der Waals surface area (Å²) in [7, 11) is -1.41. The van der Waals surface area contributed by atoms with Crippen LogP contribution in [0.1, 0.15) is 10.4 Å². The van der Waals surface area contributed by atoms with Crippen molar-refractivity contribution in [2.24, 2.45) is 0 Å². The number of methoxy groups -OCH3 is 1. The van der Waals surface area contributed by atoms with Gasteiger partial charge in [-0.2, -0.15) is 0 Å². The van der Waals surface area contributed by atoms with E-state index in [0.717, 1.165) is 4.31 Å². The van der Waals surface area contributed by atoms with Crippen LogP contribution in [0.15, 0.2) is 47.4 Å². The zero-order chi connectivity index (χ0) is 17.2. The van der Waals surface area contributed by atoms with Crippen LogP contribution in [0, 0.1) is 0 Å². The minimum atomic E-state index is -4.00. The van der Waals surface area contributed by atoms with Crippen LogP contribution in [0.4, 0.5) is 5.69 Å². The van der Waals surface area contributed by atoms with Gasteiger partial charge in [0.15, 0.2) is 5.75 Å². The van der Waals surface area contributed by atoms with Gasteiger partial charge in [-0.15, -0.1) is 0 Å². The minimum absolute atomic E-state index is 0.208. The molecule has 0 unspecified atom stereocenters. The van der Waals surface area contributed by atoms with E-state index in [1.54, 1.807) is 24.3 Å². The number of para-hydroxylation sites is 1. The van der Waals surface area contributed by atoms with E-state index in [4.69, 9.17) is 16.3 Å².